The van der Waals surface area contributed by atoms with Gasteiger partial charge in [-0.15, -0.1) is 10.2 Å². The Bertz CT molecular complexity index is 1450. The number of hydrogen-bond acceptors (Lipinski definition) is 7. The average Bonchev–Trinajstić information content (AvgIpc) is 3.48. The summed E-state index contributed by atoms with van der Waals surface area (Å²) in [5.41, 5.74) is 1.70. The summed E-state index contributed by atoms with van der Waals surface area (Å²) in [4.78, 5) is 13.5. The monoisotopic (exact) mass is 475 g/mol. The van der Waals surface area contributed by atoms with Crippen molar-refractivity contribution in [1.82, 2.24) is 35.3 Å². The molecular formula is C25H23F2N7O. The van der Waals surface area contributed by atoms with Crippen LogP contribution in [0, 0.1) is 17.0 Å². The first-order valence-electron chi connectivity index (χ1n) is 11.5. The fraction of sp³-hybridized carbons (Fsp3) is 0.360. The first-order valence-corrected chi connectivity index (χ1v) is 11.5. The highest BCUT2D eigenvalue weighted by Gasteiger charge is 2.65. The molecule has 0 spiro atoms. The molecule has 3 heterocycles. The van der Waals surface area contributed by atoms with Crippen molar-refractivity contribution in [3.63, 3.8) is 0 Å². The molecule has 1 aromatic carbocycles. The Morgan fingerprint density at radius 1 is 1.09 bits per heavy atom. The van der Waals surface area contributed by atoms with Gasteiger partial charge in [0.05, 0.1) is 28.1 Å². The van der Waals surface area contributed by atoms with Crippen LogP contribution in [0.4, 0.5) is 8.78 Å². The van der Waals surface area contributed by atoms with Crippen LogP contribution in [0.2, 0.25) is 0 Å². The van der Waals surface area contributed by atoms with E-state index in [1.54, 1.807) is 19.2 Å². The maximum absolute atomic E-state index is 14.5. The van der Waals surface area contributed by atoms with E-state index in [-0.39, 0.29) is 22.6 Å². The molecule has 35 heavy (non-hydrogen) atoms. The van der Waals surface area contributed by atoms with Crippen molar-refractivity contribution in [3.8, 4) is 22.9 Å². The number of hydrogen-bond donors (Lipinski definition) is 2. The number of H-pyrrole nitrogens is 1. The summed E-state index contributed by atoms with van der Waals surface area (Å²) in [6.07, 6.45) is 2.57. The molecule has 0 radical (unpaired) electrons. The minimum absolute atomic E-state index is 0.130. The molecule has 2 bridgehead atoms. The number of aromatic nitrogens is 7. The van der Waals surface area contributed by atoms with E-state index in [0.717, 1.165) is 29.8 Å². The van der Waals surface area contributed by atoms with Gasteiger partial charge in [-0.05, 0) is 60.9 Å². The van der Waals surface area contributed by atoms with Crippen molar-refractivity contribution < 1.29 is 13.9 Å². The van der Waals surface area contributed by atoms with Crippen molar-refractivity contribution in [1.29, 1.82) is 0 Å². The van der Waals surface area contributed by atoms with Gasteiger partial charge in [0.15, 0.2) is 11.6 Å². The third kappa shape index (κ3) is 2.92. The van der Waals surface area contributed by atoms with Crippen LogP contribution in [-0.2, 0) is 5.41 Å². The molecule has 0 saturated heterocycles. The van der Waals surface area contributed by atoms with Crippen LogP contribution in [-0.4, -0.2) is 40.5 Å². The van der Waals surface area contributed by atoms with Gasteiger partial charge >= 0.3 is 0 Å². The molecule has 3 atom stereocenters. The molecule has 2 aliphatic carbocycles. The largest absolute Gasteiger partial charge is 0.385 e. The predicted molar refractivity (Wildman–Crippen MR) is 122 cm³/mol. The Morgan fingerprint density at radius 3 is 2.57 bits per heavy atom. The molecule has 3 aromatic heterocycles. The summed E-state index contributed by atoms with van der Waals surface area (Å²) in [5, 5.41) is 25.5. The van der Waals surface area contributed by atoms with E-state index in [4.69, 9.17) is 4.98 Å². The Balaban J connectivity index is 1.49. The fourth-order valence-electron chi connectivity index (χ4n) is 6.02. The predicted octanol–water partition coefficient (Wildman–Crippen LogP) is 4.25. The van der Waals surface area contributed by atoms with Crippen molar-refractivity contribution >= 4 is 0 Å². The van der Waals surface area contributed by atoms with E-state index in [9.17, 15) is 13.9 Å². The number of rotatable bonds is 4. The van der Waals surface area contributed by atoms with Crippen LogP contribution in [0.3, 0.4) is 0 Å². The molecule has 1 fully saturated rings. The minimum Gasteiger partial charge on any atom is -0.385 e. The lowest BCUT2D eigenvalue weighted by atomic mass is 9.66. The molecule has 8 nitrogen and oxygen atoms in total. The molecule has 6 rings (SSSR count). The van der Waals surface area contributed by atoms with E-state index in [0.29, 0.717) is 17.5 Å². The van der Waals surface area contributed by atoms with Gasteiger partial charge in [-0.1, -0.05) is 19.9 Å². The fourth-order valence-corrected chi connectivity index (χ4v) is 6.02. The topological polar surface area (TPSA) is 113 Å². The normalized spacial score (nSPS) is 22.9. The lowest BCUT2D eigenvalue weighted by Crippen LogP contribution is -2.38. The van der Waals surface area contributed by atoms with Gasteiger partial charge in [0.2, 0.25) is 5.82 Å². The smallest absolute Gasteiger partial charge is 0.219 e. The van der Waals surface area contributed by atoms with Crippen LogP contribution in [0.15, 0.2) is 36.5 Å². The van der Waals surface area contributed by atoms with Crippen LogP contribution in [0.5, 0.6) is 0 Å². The Hall–Kier alpha value is -3.66. The summed E-state index contributed by atoms with van der Waals surface area (Å²) >= 11 is 0. The second-order valence-corrected chi connectivity index (χ2v) is 9.83. The van der Waals surface area contributed by atoms with Crippen molar-refractivity contribution in [2.45, 2.75) is 51.0 Å². The molecule has 4 aromatic rings. The molecule has 0 aliphatic heterocycles. The Labute approximate surface area is 199 Å². The standard InChI is InChI=1S/C25H23F2N7O/c1-12(35)21-30-23(34-33-21)22-28-10-8-18(29-22)25-9-7-14(24(25,2)3)13-11-17(31-32-20(13)25)19-15(26)5-4-6-16(19)27/h4-6,8,10-12,14,35H,7,9H2,1-3H3,(H,30,33,34)/t12-,14-,25+/m0/s1. The van der Waals surface area contributed by atoms with E-state index in [1.807, 2.05) is 6.07 Å². The molecule has 0 amide bonds. The number of nitrogens with one attached hydrogen (secondary N) is 1. The quantitative estimate of drug-likeness (QED) is 0.454. The summed E-state index contributed by atoms with van der Waals surface area (Å²) in [7, 11) is 0. The molecule has 0 unspecified atom stereocenters. The second kappa shape index (κ2) is 7.42. The van der Waals surface area contributed by atoms with E-state index in [1.165, 1.54) is 18.2 Å². The zero-order valence-corrected chi connectivity index (χ0v) is 19.4. The van der Waals surface area contributed by atoms with E-state index in [2.05, 4.69) is 44.2 Å². The summed E-state index contributed by atoms with van der Waals surface area (Å²) < 4.78 is 28.9. The number of aliphatic hydroxyl groups is 1. The van der Waals surface area contributed by atoms with Gasteiger partial charge in [-0.3, -0.25) is 5.10 Å². The van der Waals surface area contributed by atoms with Crippen molar-refractivity contribution in [2.24, 2.45) is 5.41 Å². The zero-order chi connectivity index (χ0) is 24.5. The lowest BCUT2D eigenvalue weighted by Gasteiger charge is -2.37. The van der Waals surface area contributed by atoms with Crippen LogP contribution in [0.1, 0.15) is 68.4 Å². The molecule has 178 valence electrons. The molecule has 2 N–H and O–H groups in total. The average molecular weight is 476 g/mol. The minimum atomic E-state index is -0.794. The van der Waals surface area contributed by atoms with Crippen molar-refractivity contribution in [2.75, 3.05) is 0 Å². The third-order valence-electron chi connectivity index (χ3n) is 7.79. The number of aromatic amines is 1. The zero-order valence-electron chi connectivity index (χ0n) is 19.4. The maximum atomic E-state index is 14.5. The summed E-state index contributed by atoms with van der Waals surface area (Å²) in [6.45, 7) is 5.95. The highest BCUT2D eigenvalue weighted by Crippen LogP contribution is 2.69. The first-order chi connectivity index (χ1) is 16.7. The molecule has 2 aliphatic rings. The lowest BCUT2D eigenvalue weighted by molar-refractivity contribution is 0.189. The highest BCUT2D eigenvalue weighted by molar-refractivity contribution is 5.64. The van der Waals surface area contributed by atoms with Crippen LogP contribution >= 0.6 is 0 Å². The Morgan fingerprint density at radius 2 is 1.86 bits per heavy atom. The number of benzene rings is 1. The summed E-state index contributed by atoms with van der Waals surface area (Å²) in [5.74, 6) is -0.240. The van der Waals surface area contributed by atoms with Gasteiger partial charge in [0.25, 0.3) is 0 Å². The number of fused-ring (bicyclic) bond motifs is 5. The number of nitrogens with zero attached hydrogens (tertiary/aromatic N) is 6. The highest BCUT2D eigenvalue weighted by atomic mass is 19.1. The SMILES string of the molecule is C[C@H](O)c1nc(-c2nccc([C@]34CC[C@@H](c5cc(-c6c(F)cccc6F)nnc53)C4(C)C)n2)n[nH]1. The molecule has 1 saturated carbocycles. The van der Waals surface area contributed by atoms with E-state index >= 15 is 0 Å². The van der Waals surface area contributed by atoms with E-state index < -0.39 is 23.2 Å². The number of aliphatic hydroxyl groups excluding tert-OH is 1. The molecule has 10 heteroatoms. The third-order valence-corrected chi connectivity index (χ3v) is 7.79. The first kappa shape index (κ1) is 21.8. The summed E-state index contributed by atoms with van der Waals surface area (Å²) in [6, 6.07) is 7.43. The van der Waals surface area contributed by atoms with Gasteiger partial charge < -0.3 is 5.11 Å². The van der Waals surface area contributed by atoms with Gasteiger partial charge in [-0.2, -0.15) is 5.10 Å². The Kier molecular flexibility index (Phi) is 4.63. The second-order valence-electron chi connectivity index (χ2n) is 9.83. The van der Waals surface area contributed by atoms with Gasteiger partial charge in [-0.25, -0.2) is 23.7 Å². The maximum Gasteiger partial charge on any atom is 0.219 e. The molecular weight excluding hydrogens is 452 g/mol. The van der Waals surface area contributed by atoms with Gasteiger partial charge in [0, 0.05) is 6.20 Å². The van der Waals surface area contributed by atoms with Crippen LogP contribution in [0.25, 0.3) is 22.9 Å². The van der Waals surface area contributed by atoms with Crippen molar-refractivity contribution in [3.05, 3.63) is 70.9 Å². The van der Waals surface area contributed by atoms with Crippen LogP contribution < -0.4 is 0 Å². The van der Waals surface area contributed by atoms with Gasteiger partial charge in [0.1, 0.15) is 17.7 Å². The number of halogens is 2.